The largest absolute Gasteiger partial charge is 0.370 e. The van der Waals surface area contributed by atoms with Gasteiger partial charge in [0, 0.05) is 26.2 Å². The number of morpholine rings is 1. The molecule has 0 aromatic rings. The lowest BCUT2D eigenvalue weighted by atomic mass is 9.73. The van der Waals surface area contributed by atoms with E-state index in [2.05, 4.69) is 37.9 Å². The van der Waals surface area contributed by atoms with Crippen molar-refractivity contribution in [2.24, 2.45) is 5.41 Å². The van der Waals surface area contributed by atoms with Crippen LogP contribution in [0.2, 0.25) is 0 Å². The smallest absolute Gasteiger partial charge is 0.0757 e. The summed E-state index contributed by atoms with van der Waals surface area (Å²) >= 11 is 0. The van der Waals surface area contributed by atoms with Crippen LogP contribution < -0.4 is 5.32 Å². The van der Waals surface area contributed by atoms with Crippen LogP contribution in [0.15, 0.2) is 0 Å². The molecule has 0 bridgehead atoms. The van der Waals surface area contributed by atoms with Gasteiger partial charge in [-0.1, -0.05) is 26.2 Å². The molecule has 2 fully saturated rings. The van der Waals surface area contributed by atoms with E-state index in [4.69, 9.17) is 4.74 Å². The first-order valence-corrected chi connectivity index (χ1v) is 9.06. The summed E-state index contributed by atoms with van der Waals surface area (Å²) in [5.74, 6) is 0. The van der Waals surface area contributed by atoms with Crippen molar-refractivity contribution in [3.63, 3.8) is 0 Å². The van der Waals surface area contributed by atoms with Crippen LogP contribution in [0.4, 0.5) is 0 Å². The predicted octanol–water partition coefficient (Wildman–Crippen LogP) is 3.44. The monoisotopic (exact) mass is 296 g/mol. The third-order valence-corrected chi connectivity index (χ3v) is 5.04. The molecule has 3 heteroatoms. The van der Waals surface area contributed by atoms with Gasteiger partial charge in [0.25, 0.3) is 0 Å². The summed E-state index contributed by atoms with van der Waals surface area (Å²) in [6, 6.07) is 0. The van der Waals surface area contributed by atoms with Crippen molar-refractivity contribution in [3.05, 3.63) is 0 Å². The Bertz CT molecular complexity index is 310. The fourth-order valence-corrected chi connectivity index (χ4v) is 4.40. The van der Waals surface area contributed by atoms with Crippen LogP contribution in [-0.2, 0) is 4.74 Å². The Hall–Kier alpha value is -0.120. The van der Waals surface area contributed by atoms with Crippen LogP contribution in [0, 0.1) is 5.41 Å². The van der Waals surface area contributed by atoms with E-state index in [9.17, 15) is 0 Å². The van der Waals surface area contributed by atoms with Gasteiger partial charge in [0.15, 0.2) is 0 Å². The molecule has 21 heavy (non-hydrogen) atoms. The minimum atomic E-state index is 0.00434. The van der Waals surface area contributed by atoms with Crippen LogP contribution in [-0.4, -0.2) is 49.3 Å². The van der Waals surface area contributed by atoms with Gasteiger partial charge in [0.2, 0.25) is 0 Å². The Morgan fingerprint density at radius 1 is 1.19 bits per heavy atom. The highest BCUT2D eigenvalue weighted by atomic mass is 16.5. The van der Waals surface area contributed by atoms with E-state index in [1.165, 1.54) is 51.6 Å². The second-order valence-electron chi connectivity index (χ2n) is 8.10. The Morgan fingerprint density at radius 3 is 2.52 bits per heavy atom. The minimum Gasteiger partial charge on any atom is -0.370 e. The highest BCUT2D eigenvalue weighted by molar-refractivity contribution is 4.91. The van der Waals surface area contributed by atoms with Crippen LogP contribution in [0.25, 0.3) is 0 Å². The highest BCUT2D eigenvalue weighted by Crippen LogP contribution is 2.37. The summed E-state index contributed by atoms with van der Waals surface area (Å²) < 4.78 is 6.07. The van der Waals surface area contributed by atoms with Crippen molar-refractivity contribution in [2.75, 3.05) is 32.7 Å². The molecule has 0 radical (unpaired) electrons. The third kappa shape index (κ3) is 5.22. The number of nitrogens with one attached hydrogen (secondary N) is 1. The Kier molecular flexibility index (Phi) is 6.10. The topological polar surface area (TPSA) is 24.5 Å². The molecule has 1 N–H and O–H groups in total. The van der Waals surface area contributed by atoms with E-state index in [1.807, 2.05) is 0 Å². The lowest BCUT2D eigenvalue weighted by Crippen LogP contribution is -2.56. The molecule has 0 aromatic carbocycles. The summed E-state index contributed by atoms with van der Waals surface area (Å²) in [6.07, 6.45) is 8.65. The molecule has 2 rings (SSSR count). The average Bonchev–Trinajstić information content (AvgIpc) is 2.37. The predicted molar refractivity (Wildman–Crippen MR) is 89.7 cm³/mol. The molecule has 1 heterocycles. The maximum Gasteiger partial charge on any atom is 0.0757 e. The highest BCUT2D eigenvalue weighted by Gasteiger charge is 2.38. The standard InChI is InChI=1S/C18H36N2O/c1-5-11-19-13-18(9-7-6-8-10-18)15-20-12-16(2)21-17(3,4)14-20/h16,19H,5-15H2,1-4H3. The quantitative estimate of drug-likeness (QED) is 0.760. The lowest BCUT2D eigenvalue weighted by Gasteiger charge is -2.47. The molecule has 0 aromatic heterocycles. The zero-order chi connectivity index (χ0) is 15.3. The van der Waals surface area contributed by atoms with E-state index < -0.39 is 0 Å². The van der Waals surface area contributed by atoms with Gasteiger partial charge in [0.05, 0.1) is 11.7 Å². The van der Waals surface area contributed by atoms with Gasteiger partial charge in [-0.15, -0.1) is 0 Å². The zero-order valence-electron chi connectivity index (χ0n) is 14.7. The summed E-state index contributed by atoms with van der Waals surface area (Å²) in [6.45, 7) is 14.7. The fourth-order valence-electron chi connectivity index (χ4n) is 4.40. The first-order valence-electron chi connectivity index (χ1n) is 9.06. The van der Waals surface area contributed by atoms with Crippen molar-refractivity contribution < 1.29 is 4.74 Å². The van der Waals surface area contributed by atoms with Crippen LogP contribution in [0.3, 0.4) is 0 Å². The molecule has 0 spiro atoms. The minimum absolute atomic E-state index is 0.00434. The lowest BCUT2D eigenvalue weighted by molar-refractivity contribution is -0.136. The van der Waals surface area contributed by atoms with Crippen molar-refractivity contribution in [1.82, 2.24) is 10.2 Å². The number of ether oxygens (including phenoxy) is 1. The van der Waals surface area contributed by atoms with Crippen molar-refractivity contribution in [1.29, 1.82) is 0 Å². The zero-order valence-corrected chi connectivity index (χ0v) is 14.7. The first-order chi connectivity index (χ1) is 9.95. The Labute approximate surface area is 131 Å². The molecule has 1 aliphatic carbocycles. The molecule has 0 amide bonds. The van der Waals surface area contributed by atoms with Crippen molar-refractivity contribution in [2.45, 2.75) is 77.9 Å². The summed E-state index contributed by atoms with van der Waals surface area (Å²) in [4.78, 5) is 2.67. The molecule has 1 saturated carbocycles. The average molecular weight is 296 g/mol. The van der Waals surface area contributed by atoms with Gasteiger partial charge in [-0.05, 0) is 52.0 Å². The first kappa shape index (κ1) is 17.2. The number of rotatable bonds is 6. The molecule has 2 aliphatic rings. The fraction of sp³-hybridized carbons (Fsp3) is 1.00. The van der Waals surface area contributed by atoms with E-state index in [0.717, 1.165) is 19.6 Å². The van der Waals surface area contributed by atoms with Gasteiger partial charge >= 0.3 is 0 Å². The molecule has 3 nitrogen and oxygen atoms in total. The molecule has 1 saturated heterocycles. The van der Waals surface area contributed by atoms with Crippen molar-refractivity contribution >= 4 is 0 Å². The number of nitrogens with zero attached hydrogens (tertiary/aromatic N) is 1. The summed E-state index contributed by atoms with van der Waals surface area (Å²) in [5, 5.41) is 3.71. The van der Waals surface area contributed by atoms with Crippen LogP contribution in [0.1, 0.15) is 66.2 Å². The van der Waals surface area contributed by atoms with Crippen molar-refractivity contribution in [3.8, 4) is 0 Å². The molecular formula is C18H36N2O. The normalized spacial score (nSPS) is 29.4. The van der Waals surface area contributed by atoms with Gasteiger partial charge in [-0.3, -0.25) is 4.90 Å². The van der Waals surface area contributed by atoms with E-state index in [1.54, 1.807) is 0 Å². The summed E-state index contributed by atoms with van der Waals surface area (Å²) in [7, 11) is 0. The SMILES string of the molecule is CCCNCC1(CN2CC(C)OC(C)(C)C2)CCCCC1. The Morgan fingerprint density at radius 2 is 1.90 bits per heavy atom. The van der Waals surface area contributed by atoms with Gasteiger partial charge in [-0.25, -0.2) is 0 Å². The number of hydrogen-bond donors (Lipinski definition) is 1. The van der Waals surface area contributed by atoms with Crippen LogP contribution >= 0.6 is 0 Å². The van der Waals surface area contributed by atoms with Crippen LogP contribution in [0.5, 0.6) is 0 Å². The molecular weight excluding hydrogens is 260 g/mol. The molecule has 1 aliphatic heterocycles. The Balaban J connectivity index is 1.97. The number of hydrogen-bond acceptors (Lipinski definition) is 3. The van der Waals surface area contributed by atoms with Gasteiger partial charge in [0.1, 0.15) is 0 Å². The van der Waals surface area contributed by atoms with E-state index >= 15 is 0 Å². The molecule has 1 atom stereocenters. The second-order valence-corrected chi connectivity index (χ2v) is 8.10. The van der Waals surface area contributed by atoms with Gasteiger partial charge < -0.3 is 10.1 Å². The van der Waals surface area contributed by atoms with E-state index in [0.29, 0.717) is 11.5 Å². The molecule has 124 valence electrons. The second kappa shape index (κ2) is 7.43. The van der Waals surface area contributed by atoms with E-state index in [-0.39, 0.29) is 5.60 Å². The van der Waals surface area contributed by atoms with Gasteiger partial charge in [-0.2, -0.15) is 0 Å². The summed E-state index contributed by atoms with van der Waals surface area (Å²) in [5.41, 5.74) is 0.505. The molecule has 1 unspecified atom stereocenters. The maximum absolute atomic E-state index is 6.07. The maximum atomic E-state index is 6.07. The third-order valence-electron chi connectivity index (χ3n) is 5.04.